The number of hydrogen-bond acceptors (Lipinski definition) is 4. The molecule has 0 fully saturated rings. The molecule has 0 N–H and O–H groups in total. The van der Waals surface area contributed by atoms with Crippen LogP contribution in [0.15, 0.2) is 40.3 Å². The second kappa shape index (κ2) is 6.09. The number of benzene rings is 1. The fourth-order valence-corrected chi connectivity index (χ4v) is 4.55. The Balaban J connectivity index is 1.70. The minimum atomic E-state index is 0.0489. The van der Waals surface area contributed by atoms with Crippen molar-refractivity contribution in [1.29, 1.82) is 0 Å². The van der Waals surface area contributed by atoms with Crippen LogP contribution in [-0.4, -0.2) is 24.9 Å². The van der Waals surface area contributed by atoms with Crippen LogP contribution in [0.5, 0.6) is 0 Å². The van der Waals surface area contributed by atoms with Crippen molar-refractivity contribution in [2.75, 3.05) is 5.75 Å². The highest BCUT2D eigenvalue weighted by atomic mass is 32.2. The molecule has 2 aromatic heterocycles. The van der Waals surface area contributed by atoms with E-state index in [9.17, 15) is 4.79 Å². The molecule has 0 saturated heterocycles. The molecule has 1 aliphatic heterocycles. The van der Waals surface area contributed by atoms with Gasteiger partial charge in [0.2, 0.25) is 0 Å². The summed E-state index contributed by atoms with van der Waals surface area (Å²) < 4.78 is 3.78. The number of fused-ring (bicyclic) bond motifs is 2. The molecule has 4 rings (SSSR count). The average Bonchev–Trinajstić information content (AvgIpc) is 3.15. The predicted molar refractivity (Wildman–Crippen MR) is 96.7 cm³/mol. The highest BCUT2D eigenvalue weighted by Gasteiger charge is 2.28. The van der Waals surface area contributed by atoms with Crippen LogP contribution >= 0.6 is 11.8 Å². The lowest BCUT2D eigenvalue weighted by atomic mass is 10.1. The van der Waals surface area contributed by atoms with E-state index in [-0.39, 0.29) is 11.6 Å². The Hall–Kier alpha value is -2.08. The molecule has 1 atom stereocenters. The van der Waals surface area contributed by atoms with Gasteiger partial charge in [0, 0.05) is 25.3 Å². The van der Waals surface area contributed by atoms with Crippen molar-refractivity contribution in [3.8, 4) is 0 Å². The van der Waals surface area contributed by atoms with E-state index >= 15 is 0 Å². The molecule has 124 valence electrons. The van der Waals surface area contributed by atoms with Crippen LogP contribution in [0.3, 0.4) is 0 Å². The summed E-state index contributed by atoms with van der Waals surface area (Å²) in [7, 11) is 1.91. The van der Waals surface area contributed by atoms with Crippen molar-refractivity contribution < 1.29 is 0 Å². The van der Waals surface area contributed by atoms with Gasteiger partial charge in [-0.1, -0.05) is 49.0 Å². The number of aryl methyl sites for hydroxylation is 3. The van der Waals surface area contributed by atoms with E-state index < -0.39 is 0 Å². The van der Waals surface area contributed by atoms with Crippen molar-refractivity contribution >= 4 is 22.9 Å². The van der Waals surface area contributed by atoms with Gasteiger partial charge in [0.15, 0.2) is 16.3 Å². The smallest absolute Gasteiger partial charge is 0.280 e. The molecule has 24 heavy (non-hydrogen) atoms. The molecule has 0 aliphatic carbocycles. The third-order valence-electron chi connectivity index (χ3n) is 4.69. The maximum atomic E-state index is 13.0. The first-order chi connectivity index (χ1) is 11.7. The second-order valence-corrected chi connectivity index (χ2v) is 7.16. The average molecular weight is 340 g/mol. The summed E-state index contributed by atoms with van der Waals surface area (Å²) in [6, 6.07) is 10.6. The number of imidazole rings is 1. The molecule has 3 heterocycles. The van der Waals surface area contributed by atoms with Crippen LogP contribution in [0.25, 0.3) is 11.2 Å². The highest BCUT2D eigenvalue weighted by molar-refractivity contribution is 7.99. The van der Waals surface area contributed by atoms with E-state index in [1.807, 2.05) is 29.2 Å². The van der Waals surface area contributed by atoms with E-state index in [2.05, 4.69) is 34.2 Å². The van der Waals surface area contributed by atoms with Crippen LogP contribution in [-0.2, 0) is 19.9 Å². The first-order valence-corrected chi connectivity index (χ1v) is 9.32. The molecule has 0 bridgehead atoms. The topological polar surface area (TPSA) is 52.7 Å². The first-order valence-electron chi connectivity index (χ1n) is 8.33. The summed E-state index contributed by atoms with van der Waals surface area (Å²) in [6.45, 7) is 2.05. The normalized spacial score (nSPS) is 16.7. The van der Waals surface area contributed by atoms with Crippen molar-refractivity contribution in [2.24, 2.45) is 7.05 Å². The molecule has 1 aliphatic rings. The monoisotopic (exact) mass is 340 g/mol. The maximum absolute atomic E-state index is 13.0. The molecule has 1 unspecified atom stereocenters. The summed E-state index contributed by atoms with van der Waals surface area (Å²) in [5, 5.41) is 0.811. The van der Waals surface area contributed by atoms with Crippen molar-refractivity contribution in [3.05, 3.63) is 52.1 Å². The fraction of sp³-hybridized carbons (Fsp3) is 0.389. The third-order valence-corrected chi connectivity index (χ3v) is 5.79. The van der Waals surface area contributed by atoms with Gasteiger partial charge in [-0.05, 0) is 18.4 Å². The zero-order valence-corrected chi connectivity index (χ0v) is 14.7. The minimum absolute atomic E-state index is 0.0489. The van der Waals surface area contributed by atoms with Gasteiger partial charge in [-0.15, -0.1) is 0 Å². The Kier molecular flexibility index (Phi) is 3.92. The lowest BCUT2D eigenvalue weighted by Gasteiger charge is -2.13. The maximum Gasteiger partial charge on any atom is 0.280 e. The molecule has 5 nitrogen and oxygen atoms in total. The SMILES string of the molecule is CCc1nc2nc3n(c(=O)c2n1C)C(CCc1ccccc1)CS3. The van der Waals surface area contributed by atoms with Crippen LogP contribution in [0, 0.1) is 0 Å². The van der Waals surface area contributed by atoms with Gasteiger partial charge in [0.05, 0.1) is 0 Å². The Labute approximate surface area is 144 Å². The lowest BCUT2D eigenvalue weighted by molar-refractivity contribution is 0.476. The van der Waals surface area contributed by atoms with Crippen LogP contribution < -0.4 is 5.56 Å². The van der Waals surface area contributed by atoms with Gasteiger partial charge in [-0.2, -0.15) is 0 Å². The second-order valence-electron chi connectivity index (χ2n) is 6.17. The Morgan fingerprint density at radius 1 is 1.25 bits per heavy atom. The van der Waals surface area contributed by atoms with Gasteiger partial charge in [-0.3, -0.25) is 9.36 Å². The molecule has 1 aromatic carbocycles. The summed E-state index contributed by atoms with van der Waals surface area (Å²) in [5.41, 5.74) is 2.57. The summed E-state index contributed by atoms with van der Waals surface area (Å²) in [6.07, 6.45) is 2.73. The van der Waals surface area contributed by atoms with Gasteiger partial charge in [-0.25, -0.2) is 9.97 Å². The summed E-state index contributed by atoms with van der Waals surface area (Å²) >= 11 is 1.67. The molecular formula is C18H20N4OS. The predicted octanol–water partition coefficient (Wildman–Crippen LogP) is 2.97. The fourth-order valence-electron chi connectivity index (χ4n) is 3.37. The van der Waals surface area contributed by atoms with Crippen LogP contribution in [0.1, 0.15) is 30.8 Å². The molecule has 0 amide bonds. The zero-order chi connectivity index (χ0) is 16.7. The first kappa shape index (κ1) is 15.4. The van der Waals surface area contributed by atoms with Crippen LogP contribution in [0.2, 0.25) is 0 Å². The molecule has 0 spiro atoms. The molecule has 6 heteroatoms. The molecule has 0 saturated carbocycles. The van der Waals surface area contributed by atoms with E-state index in [1.54, 1.807) is 11.8 Å². The highest BCUT2D eigenvalue weighted by Crippen LogP contribution is 2.33. The number of hydrogen-bond donors (Lipinski definition) is 0. The minimum Gasteiger partial charge on any atom is -0.325 e. The number of nitrogens with zero attached hydrogens (tertiary/aromatic N) is 4. The molecular weight excluding hydrogens is 320 g/mol. The van der Waals surface area contributed by atoms with Crippen LogP contribution in [0.4, 0.5) is 0 Å². The van der Waals surface area contributed by atoms with Gasteiger partial charge >= 0.3 is 0 Å². The van der Waals surface area contributed by atoms with Crippen molar-refractivity contribution in [1.82, 2.24) is 19.1 Å². The molecule has 3 aromatic rings. The van der Waals surface area contributed by atoms with Crippen molar-refractivity contribution in [2.45, 2.75) is 37.4 Å². The lowest BCUT2D eigenvalue weighted by Crippen LogP contribution is -2.26. The Bertz CT molecular complexity index is 945. The Morgan fingerprint density at radius 2 is 2.04 bits per heavy atom. The summed E-state index contributed by atoms with van der Waals surface area (Å²) in [4.78, 5) is 22.2. The van der Waals surface area contributed by atoms with Gasteiger partial charge < -0.3 is 4.57 Å². The van der Waals surface area contributed by atoms with E-state index in [1.165, 1.54) is 5.56 Å². The third kappa shape index (κ3) is 2.45. The Morgan fingerprint density at radius 3 is 2.79 bits per heavy atom. The van der Waals surface area contributed by atoms with E-state index in [0.717, 1.165) is 36.0 Å². The van der Waals surface area contributed by atoms with Gasteiger partial charge in [0.1, 0.15) is 5.82 Å². The van der Waals surface area contributed by atoms with Crippen molar-refractivity contribution in [3.63, 3.8) is 0 Å². The summed E-state index contributed by atoms with van der Waals surface area (Å²) in [5.74, 6) is 1.82. The van der Waals surface area contributed by atoms with E-state index in [4.69, 9.17) is 0 Å². The molecule has 0 radical (unpaired) electrons. The zero-order valence-electron chi connectivity index (χ0n) is 13.9. The number of aromatic nitrogens is 4. The standard InChI is InChI=1S/C18H20N4OS/c1-3-14-19-16-15(21(14)2)17(23)22-13(11-24-18(22)20-16)10-9-12-7-5-4-6-8-12/h4-8,13H,3,9-11H2,1-2H3. The number of thioether (sulfide) groups is 1. The largest absolute Gasteiger partial charge is 0.325 e. The van der Waals surface area contributed by atoms with E-state index in [0.29, 0.717) is 11.2 Å². The number of rotatable bonds is 4. The van der Waals surface area contributed by atoms with Gasteiger partial charge in [0.25, 0.3) is 5.56 Å². The quantitative estimate of drug-likeness (QED) is 0.685.